The van der Waals surface area contributed by atoms with Crippen molar-refractivity contribution < 1.29 is 22.3 Å². The highest BCUT2D eigenvalue weighted by Crippen LogP contribution is 2.73. The van der Waals surface area contributed by atoms with Gasteiger partial charge in [0.25, 0.3) is 14.0 Å². The van der Waals surface area contributed by atoms with Gasteiger partial charge in [0, 0.05) is 0 Å². The van der Waals surface area contributed by atoms with Gasteiger partial charge in [-0.2, -0.15) is 13.2 Å². The summed E-state index contributed by atoms with van der Waals surface area (Å²) in [6.45, 7) is 0. The van der Waals surface area contributed by atoms with E-state index in [9.17, 15) is 17.6 Å². The second kappa shape index (κ2) is 3.71. The third-order valence-electron chi connectivity index (χ3n) is 1.74. The molecule has 1 fully saturated rings. The zero-order valence-corrected chi connectivity index (χ0v) is 11.2. The Labute approximate surface area is 117 Å². The van der Waals surface area contributed by atoms with Gasteiger partial charge >= 0.3 is 11.2 Å². The van der Waals surface area contributed by atoms with Crippen molar-refractivity contribution in [2.75, 3.05) is 0 Å². The van der Waals surface area contributed by atoms with Crippen molar-refractivity contribution >= 4 is 69.6 Å². The first-order valence-electron chi connectivity index (χ1n) is 3.30. The molecular weight excluding hydrogens is 365 g/mol. The third kappa shape index (κ3) is 1.87. The molecule has 0 saturated heterocycles. The number of ether oxygens (including phenoxy) is 1. The summed E-state index contributed by atoms with van der Waals surface area (Å²) in [6.07, 6.45) is 0. The highest BCUT2D eigenvalue weighted by Gasteiger charge is 2.97. The van der Waals surface area contributed by atoms with Crippen LogP contribution in [0.4, 0.5) is 17.6 Å². The molecule has 96 valence electrons. The minimum absolute atomic E-state index is 2.97. The van der Waals surface area contributed by atoms with E-state index in [0.717, 1.165) is 0 Å². The Morgan fingerprint density at radius 2 is 1.25 bits per heavy atom. The smallest absolute Gasteiger partial charge is 0.296 e. The molecule has 11 heteroatoms. The highest BCUT2D eigenvalue weighted by molar-refractivity contribution is 6.70. The van der Waals surface area contributed by atoms with Gasteiger partial charge in [-0.05, 0) is 11.6 Å². The van der Waals surface area contributed by atoms with Crippen LogP contribution in [0.5, 0.6) is 0 Å². The first-order valence-corrected chi connectivity index (χ1v) is 5.57. The fourth-order valence-corrected chi connectivity index (χ4v) is 1.60. The summed E-state index contributed by atoms with van der Waals surface area (Å²) in [7, 11) is 0. The van der Waals surface area contributed by atoms with E-state index in [1.54, 1.807) is 0 Å². The number of alkyl halides is 10. The molecule has 1 nitrogen and oxygen atoms in total. The topological polar surface area (TPSA) is 9.23 Å². The van der Waals surface area contributed by atoms with Gasteiger partial charge in [0.1, 0.15) is 0 Å². The van der Waals surface area contributed by atoms with Crippen molar-refractivity contribution in [2.24, 2.45) is 0 Å². The normalized spacial score (nSPS) is 41.6. The molecule has 3 atom stereocenters. The van der Waals surface area contributed by atoms with Gasteiger partial charge in [0.2, 0.25) is 0 Å². The van der Waals surface area contributed by atoms with Gasteiger partial charge in [-0.3, -0.25) is 4.74 Å². The van der Waals surface area contributed by atoms with Gasteiger partial charge in [-0.15, -0.1) is 0 Å². The number of rotatable bonds is 2. The summed E-state index contributed by atoms with van der Waals surface area (Å²) >= 11 is 29.4. The molecule has 1 aliphatic carbocycles. The molecule has 0 amide bonds. The number of halogens is 10. The van der Waals surface area contributed by atoms with Crippen LogP contribution in [0.25, 0.3) is 0 Å². The first kappa shape index (κ1) is 15.5. The molecule has 0 aliphatic heterocycles. The predicted molar refractivity (Wildman–Crippen MR) is 54.3 cm³/mol. The van der Waals surface area contributed by atoms with E-state index in [-0.39, 0.29) is 0 Å². The molecule has 16 heavy (non-hydrogen) atoms. The molecule has 3 unspecified atom stereocenters. The Hall–Kier alpha value is 1.42. The molecule has 0 spiro atoms. The third-order valence-corrected chi connectivity index (χ3v) is 4.29. The van der Waals surface area contributed by atoms with Gasteiger partial charge in [-0.1, -0.05) is 58.0 Å². The maximum absolute atomic E-state index is 13.3. The van der Waals surface area contributed by atoms with Crippen LogP contribution in [-0.4, -0.2) is 25.2 Å². The van der Waals surface area contributed by atoms with Crippen LogP contribution in [0.3, 0.4) is 0 Å². The zero-order valence-electron chi connectivity index (χ0n) is 6.69. The number of hydrogen-bond donors (Lipinski definition) is 0. The Morgan fingerprint density at radius 1 is 0.938 bits per heavy atom. The maximum Gasteiger partial charge on any atom is 0.346 e. The monoisotopic (exact) mass is 362 g/mol. The molecule has 1 saturated carbocycles. The fourth-order valence-electron chi connectivity index (χ4n) is 0.726. The summed E-state index contributed by atoms with van der Waals surface area (Å²) in [5.41, 5.74) is 0. The average molecular weight is 365 g/mol. The molecule has 0 heterocycles. The van der Waals surface area contributed by atoms with Crippen LogP contribution in [-0.2, 0) is 4.74 Å². The lowest BCUT2D eigenvalue weighted by molar-refractivity contribution is -0.132. The highest BCUT2D eigenvalue weighted by atomic mass is 35.6. The summed E-state index contributed by atoms with van der Waals surface area (Å²) in [5, 5.41) is -11.2. The van der Waals surface area contributed by atoms with Crippen molar-refractivity contribution in [1.82, 2.24) is 0 Å². The van der Waals surface area contributed by atoms with Gasteiger partial charge < -0.3 is 0 Å². The largest absolute Gasteiger partial charge is 0.346 e. The van der Waals surface area contributed by atoms with E-state index in [2.05, 4.69) is 16.3 Å². The summed E-state index contributed by atoms with van der Waals surface area (Å²) in [4.78, 5) is 0. The van der Waals surface area contributed by atoms with E-state index in [4.69, 9.17) is 58.0 Å². The average Bonchev–Trinajstić information content (AvgIpc) is 2.25. The molecule has 0 aromatic heterocycles. The predicted octanol–water partition coefficient (Wildman–Crippen LogP) is 4.72. The molecule has 1 aliphatic rings. The van der Waals surface area contributed by atoms with Crippen LogP contribution >= 0.6 is 69.6 Å². The van der Waals surface area contributed by atoms with E-state index < -0.39 is 25.2 Å². The number of hydrogen-bond acceptors (Lipinski definition) is 1. The van der Waals surface area contributed by atoms with E-state index in [1.165, 1.54) is 0 Å². The first-order chi connectivity index (χ1) is 6.71. The minimum atomic E-state index is -4.38. The van der Waals surface area contributed by atoms with E-state index >= 15 is 0 Å². The quantitative estimate of drug-likeness (QED) is 0.508. The van der Waals surface area contributed by atoms with Gasteiger partial charge in [-0.25, -0.2) is 4.39 Å². The molecule has 0 bridgehead atoms. The van der Waals surface area contributed by atoms with E-state index in [0.29, 0.717) is 0 Å². The van der Waals surface area contributed by atoms with Crippen molar-refractivity contribution in [2.45, 2.75) is 25.2 Å². The summed E-state index contributed by atoms with van der Waals surface area (Å²) in [5.74, 6) is -4.38. The Bertz CT molecular complexity index is 299. The van der Waals surface area contributed by atoms with E-state index in [1.807, 2.05) is 0 Å². The van der Waals surface area contributed by atoms with Crippen LogP contribution in [0.1, 0.15) is 0 Å². The fraction of sp³-hybridized carbons (Fsp3) is 1.00. The molecule has 0 aromatic carbocycles. The molecule has 0 aromatic rings. The van der Waals surface area contributed by atoms with Crippen LogP contribution in [0.15, 0.2) is 0 Å². The Morgan fingerprint density at radius 3 is 1.44 bits per heavy atom. The molecule has 1 rings (SSSR count). The lowest BCUT2D eigenvalue weighted by atomic mass is 10.7. The van der Waals surface area contributed by atoms with Crippen molar-refractivity contribution in [1.29, 1.82) is 0 Å². The second-order valence-corrected chi connectivity index (χ2v) is 6.68. The molecule has 0 radical (unpaired) electrons. The molecular formula is C5Cl6F4O. The zero-order chi connectivity index (χ0) is 13.2. The second-order valence-electron chi connectivity index (χ2n) is 2.86. The summed E-state index contributed by atoms with van der Waals surface area (Å²) < 4.78 is 52.6. The summed E-state index contributed by atoms with van der Waals surface area (Å²) in [6, 6.07) is 0. The Balaban J connectivity index is 2.94. The maximum atomic E-state index is 13.3. The standard InChI is InChI=1S/C5Cl6F4O/c6-1(12)2(7,3(1,13)14)16-5(11,15)4(8,9)10. The van der Waals surface area contributed by atoms with Crippen molar-refractivity contribution in [3.8, 4) is 0 Å². The van der Waals surface area contributed by atoms with Gasteiger partial charge in [0.15, 0.2) is 0 Å². The lowest BCUT2D eigenvalue weighted by Crippen LogP contribution is -2.40. The van der Waals surface area contributed by atoms with Gasteiger partial charge in [0.05, 0.1) is 0 Å². The molecule has 0 N–H and O–H groups in total. The minimum Gasteiger partial charge on any atom is -0.296 e. The van der Waals surface area contributed by atoms with Crippen LogP contribution < -0.4 is 0 Å². The Kier molecular flexibility index (Phi) is 3.59. The SMILES string of the molecule is FC(Cl)(OC1(Cl)C(F)(F)C1(F)Cl)C(Cl)(Cl)Cl. The van der Waals surface area contributed by atoms with Crippen molar-refractivity contribution in [3.63, 3.8) is 0 Å². The van der Waals surface area contributed by atoms with Crippen LogP contribution in [0.2, 0.25) is 0 Å². The van der Waals surface area contributed by atoms with Crippen molar-refractivity contribution in [3.05, 3.63) is 0 Å². The lowest BCUT2D eigenvalue weighted by Gasteiger charge is -2.27. The van der Waals surface area contributed by atoms with Crippen LogP contribution in [0, 0.1) is 0 Å².